The lowest BCUT2D eigenvalue weighted by atomic mass is 10.0. The van der Waals surface area contributed by atoms with Gasteiger partial charge in [-0.1, -0.05) is 0 Å². The molecule has 104 valence electrons. The molecule has 3 rings (SSSR count). The second-order valence-electron chi connectivity index (χ2n) is 5.54. The molecule has 1 atom stereocenters. The Morgan fingerprint density at radius 2 is 2.11 bits per heavy atom. The molecule has 1 aliphatic heterocycles. The second-order valence-corrected chi connectivity index (χ2v) is 5.54. The molecule has 2 fully saturated rings. The molecular weight excluding hydrogens is 243 g/mol. The van der Waals surface area contributed by atoms with E-state index in [0.717, 1.165) is 31.2 Å². The van der Waals surface area contributed by atoms with Crippen molar-refractivity contribution in [3.63, 3.8) is 0 Å². The fourth-order valence-electron chi connectivity index (χ4n) is 2.78. The highest BCUT2D eigenvalue weighted by Crippen LogP contribution is 2.27. The summed E-state index contributed by atoms with van der Waals surface area (Å²) < 4.78 is 18.7. The van der Waals surface area contributed by atoms with Crippen LogP contribution in [0.2, 0.25) is 0 Å². The molecule has 1 heterocycles. The minimum absolute atomic E-state index is 0.280. The summed E-state index contributed by atoms with van der Waals surface area (Å²) in [7, 11) is 1.49. The van der Waals surface area contributed by atoms with Crippen molar-refractivity contribution in [3.8, 4) is 5.75 Å². The highest BCUT2D eigenvalue weighted by Gasteiger charge is 2.27. The number of piperidine rings is 1. The van der Waals surface area contributed by atoms with E-state index in [9.17, 15) is 4.39 Å². The first-order chi connectivity index (χ1) is 9.26. The molecule has 1 saturated carbocycles. The Morgan fingerprint density at radius 3 is 2.79 bits per heavy atom. The summed E-state index contributed by atoms with van der Waals surface area (Å²) >= 11 is 0. The maximum absolute atomic E-state index is 13.8. The molecule has 0 aromatic heterocycles. The second kappa shape index (κ2) is 5.37. The molecule has 1 unspecified atom stereocenters. The van der Waals surface area contributed by atoms with Crippen LogP contribution in [0, 0.1) is 5.82 Å². The van der Waals surface area contributed by atoms with Gasteiger partial charge in [-0.15, -0.1) is 0 Å². The van der Waals surface area contributed by atoms with Gasteiger partial charge in [-0.2, -0.15) is 0 Å². The molecule has 0 amide bonds. The van der Waals surface area contributed by atoms with Crippen molar-refractivity contribution < 1.29 is 9.13 Å². The molecular formula is C15H21FN2O. The lowest BCUT2D eigenvalue weighted by molar-refractivity contribution is 0.386. The average molecular weight is 264 g/mol. The van der Waals surface area contributed by atoms with Crippen molar-refractivity contribution in [2.45, 2.75) is 37.8 Å². The van der Waals surface area contributed by atoms with E-state index in [2.05, 4.69) is 10.2 Å². The van der Waals surface area contributed by atoms with Gasteiger partial charge in [0.2, 0.25) is 0 Å². The fraction of sp³-hybridized carbons (Fsp3) is 0.600. The van der Waals surface area contributed by atoms with Crippen LogP contribution in [0.1, 0.15) is 25.7 Å². The van der Waals surface area contributed by atoms with Crippen LogP contribution in [0.3, 0.4) is 0 Å². The van der Waals surface area contributed by atoms with E-state index < -0.39 is 0 Å². The molecule has 0 spiro atoms. The molecule has 3 nitrogen and oxygen atoms in total. The van der Waals surface area contributed by atoms with E-state index in [4.69, 9.17) is 4.74 Å². The van der Waals surface area contributed by atoms with Crippen LogP contribution in [0.5, 0.6) is 5.75 Å². The standard InChI is InChI=1S/C15H21FN2O/c1-19-15-7-6-13(9-14(15)16)18-8-2-3-12(10-18)17-11-4-5-11/h6-7,9,11-12,17H,2-5,8,10H2,1H3. The SMILES string of the molecule is COc1ccc(N2CCCC(NC3CC3)C2)cc1F. The van der Waals surface area contributed by atoms with Gasteiger partial charge in [0.1, 0.15) is 0 Å². The first kappa shape index (κ1) is 12.7. The number of ether oxygens (including phenoxy) is 1. The maximum atomic E-state index is 13.8. The summed E-state index contributed by atoms with van der Waals surface area (Å²) in [5.74, 6) is 0.0330. The number of methoxy groups -OCH3 is 1. The van der Waals surface area contributed by atoms with E-state index in [-0.39, 0.29) is 5.82 Å². The predicted octanol–water partition coefficient (Wildman–Crippen LogP) is 2.56. The van der Waals surface area contributed by atoms with E-state index in [0.29, 0.717) is 11.8 Å². The Bertz CT molecular complexity index is 448. The predicted molar refractivity (Wildman–Crippen MR) is 74.3 cm³/mol. The molecule has 0 radical (unpaired) electrons. The molecule has 1 aromatic carbocycles. The summed E-state index contributed by atoms with van der Waals surface area (Å²) in [6.07, 6.45) is 5.02. The molecule has 19 heavy (non-hydrogen) atoms. The van der Waals surface area contributed by atoms with Gasteiger partial charge in [-0.05, 0) is 37.8 Å². The van der Waals surface area contributed by atoms with Gasteiger partial charge in [-0.3, -0.25) is 0 Å². The normalized spacial score (nSPS) is 23.5. The molecule has 4 heteroatoms. The van der Waals surface area contributed by atoms with Crippen LogP contribution in [0.25, 0.3) is 0 Å². The molecule has 1 saturated heterocycles. The fourth-order valence-corrected chi connectivity index (χ4v) is 2.78. The Kier molecular flexibility index (Phi) is 3.60. The quantitative estimate of drug-likeness (QED) is 0.904. The van der Waals surface area contributed by atoms with Crippen molar-refractivity contribution >= 4 is 5.69 Å². The third kappa shape index (κ3) is 3.00. The smallest absolute Gasteiger partial charge is 0.167 e. The number of benzene rings is 1. The van der Waals surface area contributed by atoms with Crippen LogP contribution in [0.4, 0.5) is 10.1 Å². The van der Waals surface area contributed by atoms with Crippen LogP contribution in [-0.4, -0.2) is 32.3 Å². The molecule has 2 aliphatic rings. The maximum Gasteiger partial charge on any atom is 0.167 e. The van der Waals surface area contributed by atoms with Gasteiger partial charge < -0.3 is 15.0 Å². The minimum Gasteiger partial charge on any atom is -0.494 e. The number of hydrogen-bond acceptors (Lipinski definition) is 3. The number of nitrogens with one attached hydrogen (secondary N) is 1. The summed E-state index contributed by atoms with van der Waals surface area (Å²) in [5, 5.41) is 3.67. The lowest BCUT2D eigenvalue weighted by Gasteiger charge is -2.35. The zero-order valence-electron chi connectivity index (χ0n) is 11.4. The number of rotatable bonds is 4. The number of nitrogens with zero attached hydrogens (tertiary/aromatic N) is 1. The van der Waals surface area contributed by atoms with Crippen molar-refractivity contribution in [1.29, 1.82) is 0 Å². The van der Waals surface area contributed by atoms with Crippen molar-refractivity contribution in [1.82, 2.24) is 5.32 Å². The summed E-state index contributed by atoms with van der Waals surface area (Å²) in [6, 6.07) is 6.52. The highest BCUT2D eigenvalue weighted by atomic mass is 19.1. The topological polar surface area (TPSA) is 24.5 Å². The van der Waals surface area contributed by atoms with Gasteiger partial charge >= 0.3 is 0 Å². The third-order valence-electron chi connectivity index (χ3n) is 3.97. The van der Waals surface area contributed by atoms with Crippen LogP contribution >= 0.6 is 0 Å². The van der Waals surface area contributed by atoms with Crippen LogP contribution in [0.15, 0.2) is 18.2 Å². The monoisotopic (exact) mass is 264 g/mol. The van der Waals surface area contributed by atoms with E-state index in [1.807, 2.05) is 6.07 Å². The third-order valence-corrected chi connectivity index (χ3v) is 3.97. The Morgan fingerprint density at radius 1 is 1.26 bits per heavy atom. The van der Waals surface area contributed by atoms with Gasteiger partial charge in [-0.25, -0.2) is 4.39 Å². The highest BCUT2D eigenvalue weighted by molar-refractivity contribution is 5.50. The summed E-state index contributed by atoms with van der Waals surface area (Å²) in [6.45, 7) is 1.98. The lowest BCUT2D eigenvalue weighted by Crippen LogP contribution is -2.46. The molecule has 1 aromatic rings. The first-order valence-electron chi connectivity index (χ1n) is 7.11. The van der Waals surface area contributed by atoms with Gasteiger partial charge in [0, 0.05) is 36.9 Å². The average Bonchev–Trinajstić information content (AvgIpc) is 3.23. The minimum atomic E-state index is -0.280. The first-order valence-corrected chi connectivity index (χ1v) is 7.11. The zero-order chi connectivity index (χ0) is 13.2. The van der Waals surface area contributed by atoms with Crippen molar-refractivity contribution in [2.75, 3.05) is 25.1 Å². The molecule has 1 aliphatic carbocycles. The van der Waals surface area contributed by atoms with Crippen LogP contribution in [-0.2, 0) is 0 Å². The Labute approximate surface area is 113 Å². The van der Waals surface area contributed by atoms with E-state index in [1.165, 1.54) is 26.4 Å². The van der Waals surface area contributed by atoms with Gasteiger partial charge in [0.15, 0.2) is 11.6 Å². The summed E-state index contributed by atoms with van der Waals surface area (Å²) in [5.41, 5.74) is 0.959. The zero-order valence-corrected chi connectivity index (χ0v) is 11.4. The Balaban J connectivity index is 1.68. The molecule has 1 N–H and O–H groups in total. The Hall–Kier alpha value is -1.29. The van der Waals surface area contributed by atoms with Crippen molar-refractivity contribution in [3.05, 3.63) is 24.0 Å². The number of anilines is 1. The van der Waals surface area contributed by atoms with E-state index in [1.54, 1.807) is 12.1 Å². The number of hydrogen-bond donors (Lipinski definition) is 1. The largest absolute Gasteiger partial charge is 0.494 e. The number of halogens is 1. The van der Waals surface area contributed by atoms with E-state index >= 15 is 0 Å². The van der Waals surface area contributed by atoms with Crippen LogP contribution < -0.4 is 15.0 Å². The van der Waals surface area contributed by atoms with Gasteiger partial charge in [0.25, 0.3) is 0 Å². The van der Waals surface area contributed by atoms with Gasteiger partial charge in [0.05, 0.1) is 7.11 Å². The summed E-state index contributed by atoms with van der Waals surface area (Å²) in [4.78, 5) is 2.27. The van der Waals surface area contributed by atoms with Crippen molar-refractivity contribution in [2.24, 2.45) is 0 Å². The molecule has 0 bridgehead atoms.